The van der Waals surface area contributed by atoms with Crippen molar-refractivity contribution in [2.24, 2.45) is 5.41 Å². The van der Waals surface area contributed by atoms with Crippen molar-refractivity contribution in [1.29, 1.82) is 0 Å². The zero-order chi connectivity index (χ0) is 7.07. The lowest BCUT2D eigenvalue weighted by atomic mass is 10.2. The van der Waals surface area contributed by atoms with Crippen LogP contribution in [0.25, 0.3) is 0 Å². The minimum atomic E-state index is 0.371. The van der Waals surface area contributed by atoms with Crippen LogP contribution in [0.15, 0.2) is 0 Å². The van der Waals surface area contributed by atoms with Gasteiger partial charge in [-0.05, 0) is 6.92 Å². The molecule has 0 unspecified atom stereocenters. The van der Waals surface area contributed by atoms with Crippen LogP contribution < -0.4 is 0 Å². The lowest BCUT2D eigenvalue weighted by molar-refractivity contribution is 0.109. The highest BCUT2D eigenvalue weighted by molar-refractivity contribution is 9.09. The summed E-state index contributed by atoms with van der Waals surface area (Å²) in [6.07, 6.45) is 0.447. The van der Waals surface area contributed by atoms with Gasteiger partial charge in [-0.15, -0.1) is 0 Å². The van der Waals surface area contributed by atoms with Crippen molar-refractivity contribution in [3.05, 3.63) is 0 Å². The number of halogens is 1. The van der Waals surface area contributed by atoms with Gasteiger partial charge in [-0.1, -0.05) is 29.8 Å². The van der Waals surface area contributed by atoms with E-state index in [2.05, 4.69) is 29.8 Å². The molecule has 1 saturated carbocycles. The molecule has 0 spiro atoms. The first kappa shape index (κ1) is 7.55. The van der Waals surface area contributed by atoms with Crippen LogP contribution in [0.5, 0.6) is 0 Å². The Kier molecular flexibility index (Phi) is 1.88. The van der Waals surface area contributed by atoms with Gasteiger partial charge in [0.05, 0.1) is 6.10 Å². The lowest BCUT2D eigenvalue weighted by Gasteiger charge is -1.99. The van der Waals surface area contributed by atoms with Crippen LogP contribution >= 0.6 is 15.9 Å². The second-order valence-electron chi connectivity index (χ2n) is 3.10. The summed E-state index contributed by atoms with van der Waals surface area (Å²) >= 11 is 3.55. The summed E-state index contributed by atoms with van der Waals surface area (Å²) in [5, 5.41) is 0. The summed E-state index contributed by atoms with van der Waals surface area (Å²) in [5.74, 6) is 0. The second kappa shape index (κ2) is 2.24. The fraction of sp³-hybridized carbons (Fsp3) is 1.00. The molecule has 0 radical (unpaired) electrons. The molecule has 0 N–H and O–H groups in total. The Balaban J connectivity index is 2.33. The van der Waals surface area contributed by atoms with Crippen molar-refractivity contribution in [3.63, 3.8) is 0 Å². The predicted octanol–water partition coefficient (Wildman–Crippen LogP) is 2.19. The third-order valence-electron chi connectivity index (χ3n) is 1.95. The summed E-state index contributed by atoms with van der Waals surface area (Å²) < 4.78 is 5.43. The van der Waals surface area contributed by atoms with Crippen LogP contribution in [0, 0.1) is 5.41 Å². The third kappa shape index (κ3) is 1.15. The lowest BCUT2D eigenvalue weighted by Crippen LogP contribution is -2.00. The standard InChI is InChI=1S/C7H13BrO/c1-4-9-6-5(8)7(6,2)3/h5-6H,4H2,1-3H3/t5-,6+/m0/s1. The summed E-state index contributed by atoms with van der Waals surface area (Å²) in [5.41, 5.74) is 0.371. The van der Waals surface area contributed by atoms with Gasteiger partial charge in [-0.2, -0.15) is 0 Å². The van der Waals surface area contributed by atoms with Gasteiger partial charge in [0.1, 0.15) is 0 Å². The molecule has 1 nitrogen and oxygen atoms in total. The van der Waals surface area contributed by atoms with E-state index in [0.29, 0.717) is 16.3 Å². The predicted molar refractivity (Wildman–Crippen MR) is 41.9 cm³/mol. The molecule has 0 bridgehead atoms. The van der Waals surface area contributed by atoms with E-state index in [-0.39, 0.29) is 0 Å². The molecular formula is C7H13BrO. The number of rotatable bonds is 2. The van der Waals surface area contributed by atoms with Crippen LogP contribution in [0.2, 0.25) is 0 Å². The van der Waals surface area contributed by atoms with E-state index in [9.17, 15) is 0 Å². The first-order chi connectivity index (χ1) is 4.10. The molecule has 2 heteroatoms. The number of hydrogen-bond acceptors (Lipinski definition) is 1. The summed E-state index contributed by atoms with van der Waals surface area (Å²) in [7, 11) is 0. The second-order valence-corrected chi connectivity index (χ2v) is 4.09. The summed E-state index contributed by atoms with van der Waals surface area (Å²) in [4.78, 5) is 0.574. The van der Waals surface area contributed by atoms with Crippen molar-refractivity contribution < 1.29 is 4.74 Å². The van der Waals surface area contributed by atoms with E-state index in [4.69, 9.17) is 4.74 Å². The summed E-state index contributed by atoms with van der Waals surface area (Å²) in [6.45, 7) is 7.30. The van der Waals surface area contributed by atoms with Crippen molar-refractivity contribution >= 4 is 15.9 Å². The van der Waals surface area contributed by atoms with Gasteiger partial charge in [0.25, 0.3) is 0 Å². The molecule has 0 aliphatic heterocycles. The largest absolute Gasteiger partial charge is 0.377 e. The smallest absolute Gasteiger partial charge is 0.0768 e. The first-order valence-electron chi connectivity index (χ1n) is 3.36. The molecule has 0 aromatic rings. The molecule has 1 aliphatic carbocycles. The Morgan fingerprint density at radius 1 is 1.56 bits per heavy atom. The maximum Gasteiger partial charge on any atom is 0.0768 e. The Morgan fingerprint density at radius 3 is 2.11 bits per heavy atom. The SMILES string of the molecule is CCO[C@@H]1[C@H](Br)C1(C)C. The maximum absolute atomic E-state index is 5.43. The monoisotopic (exact) mass is 192 g/mol. The van der Waals surface area contributed by atoms with E-state index in [0.717, 1.165) is 6.61 Å². The maximum atomic E-state index is 5.43. The van der Waals surface area contributed by atoms with E-state index >= 15 is 0 Å². The topological polar surface area (TPSA) is 9.23 Å². The zero-order valence-electron chi connectivity index (χ0n) is 6.15. The highest BCUT2D eigenvalue weighted by atomic mass is 79.9. The average molecular weight is 193 g/mol. The van der Waals surface area contributed by atoms with Crippen LogP contribution in [0.3, 0.4) is 0 Å². The van der Waals surface area contributed by atoms with E-state index < -0.39 is 0 Å². The fourth-order valence-corrected chi connectivity index (χ4v) is 1.95. The Morgan fingerprint density at radius 2 is 2.00 bits per heavy atom. The quantitative estimate of drug-likeness (QED) is 0.611. The Hall–Kier alpha value is 0.440. The van der Waals surface area contributed by atoms with Gasteiger partial charge in [-0.3, -0.25) is 0 Å². The Labute approximate surface area is 64.9 Å². The average Bonchev–Trinajstić information content (AvgIpc) is 2.19. The first-order valence-corrected chi connectivity index (χ1v) is 4.28. The molecule has 0 heterocycles. The van der Waals surface area contributed by atoms with Gasteiger partial charge < -0.3 is 4.74 Å². The molecule has 0 aromatic carbocycles. The van der Waals surface area contributed by atoms with E-state index in [1.165, 1.54) is 0 Å². The van der Waals surface area contributed by atoms with Crippen LogP contribution in [-0.2, 0) is 4.74 Å². The minimum Gasteiger partial charge on any atom is -0.377 e. The number of hydrogen-bond donors (Lipinski definition) is 0. The van der Waals surface area contributed by atoms with Crippen LogP contribution in [0.1, 0.15) is 20.8 Å². The van der Waals surface area contributed by atoms with E-state index in [1.807, 2.05) is 6.92 Å². The molecule has 0 aromatic heterocycles. The van der Waals surface area contributed by atoms with Crippen LogP contribution in [-0.4, -0.2) is 17.5 Å². The van der Waals surface area contributed by atoms with Crippen molar-refractivity contribution in [1.82, 2.24) is 0 Å². The van der Waals surface area contributed by atoms with Gasteiger partial charge in [0.15, 0.2) is 0 Å². The molecule has 1 fully saturated rings. The van der Waals surface area contributed by atoms with Crippen LogP contribution in [0.4, 0.5) is 0 Å². The van der Waals surface area contributed by atoms with Gasteiger partial charge in [0, 0.05) is 16.8 Å². The van der Waals surface area contributed by atoms with Crippen molar-refractivity contribution in [2.75, 3.05) is 6.61 Å². The molecule has 1 aliphatic rings. The zero-order valence-corrected chi connectivity index (χ0v) is 7.73. The summed E-state index contributed by atoms with van der Waals surface area (Å²) in [6, 6.07) is 0. The van der Waals surface area contributed by atoms with Gasteiger partial charge in [0.2, 0.25) is 0 Å². The number of ether oxygens (including phenoxy) is 1. The Bertz CT molecular complexity index is 111. The molecule has 2 atom stereocenters. The third-order valence-corrected chi connectivity index (χ3v) is 3.61. The number of alkyl halides is 1. The molecule has 0 amide bonds. The van der Waals surface area contributed by atoms with E-state index in [1.54, 1.807) is 0 Å². The minimum absolute atomic E-state index is 0.371. The molecule has 1 rings (SSSR count). The van der Waals surface area contributed by atoms with Gasteiger partial charge in [-0.25, -0.2) is 0 Å². The highest BCUT2D eigenvalue weighted by Crippen LogP contribution is 2.52. The molecule has 9 heavy (non-hydrogen) atoms. The molecular weight excluding hydrogens is 180 g/mol. The van der Waals surface area contributed by atoms with Gasteiger partial charge >= 0.3 is 0 Å². The van der Waals surface area contributed by atoms with Crippen molar-refractivity contribution in [3.8, 4) is 0 Å². The normalized spacial score (nSPS) is 38.7. The fourth-order valence-electron chi connectivity index (χ4n) is 1.01. The highest BCUT2D eigenvalue weighted by Gasteiger charge is 2.57. The molecule has 54 valence electrons. The molecule has 0 saturated heterocycles. The van der Waals surface area contributed by atoms with Crippen molar-refractivity contribution in [2.45, 2.75) is 31.7 Å².